The molecule has 0 amide bonds. The van der Waals surface area contributed by atoms with E-state index in [1.807, 2.05) is 0 Å². The highest BCUT2D eigenvalue weighted by Crippen LogP contribution is 2.67. The molecule has 6 nitrogen and oxygen atoms in total. The Morgan fingerprint density at radius 3 is 2.71 bits per heavy atom. The minimum atomic E-state index is -0.913. The Morgan fingerprint density at radius 1 is 1.21 bits per heavy atom. The second-order valence-corrected chi connectivity index (χ2v) is 8.15. The van der Waals surface area contributed by atoms with E-state index in [1.54, 1.807) is 14.2 Å². The maximum Gasteiger partial charge on any atom is 0.168 e. The van der Waals surface area contributed by atoms with E-state index >= 15 is 0 Å². The second kappa shape index (κ2) is 5.76. The zero-order valence-corrected chi connectivity index (χ0v) is 14.8. The molecule has 4 aliphatic rings. The molecule has 136 valence electrons. The fraction of sp³-hybridized carbons (Fsp3) is 0.889. The minimum absolute atomic E-state index is 0.0221. The van der Waals surface area contributed by atoms with Crippen LogP contribution in [0.4, 0.5) is 0 Å². The van der Waals surface area contributed by atoms with Crippen molar-refractivity contribution in [2.75, 3.05) is 21.0 Å². The SMILES string of the molecule is COCO[C@H]1CCC(C)(C)[C@@H]2C=C[C@@H]3[C@@H](OC)O[C@@H]4OC(O)[C@]12[C@@H]43. The van der Waals surface area contributed by atoms with Crippen molar-refractivity contribution < 1.29 is 28.8 Å². The van der Waals surface area contributed by atoms with Crippen molar-refractivity contribution in [3.63, 3.8) is 0 Å². The van der Waals surface area contributed by atoms with Gasteiger partial charge in [-0.1, -0.05) is 26.0 Å². The Balaban J connectivity index is 1.81. The Labute approximate surface area is 143 Å². The first-order valence-electron chi connectivity index (χ1n) is 8.77. The van der Waals surface area contributed by atoms with Gasteiger partial charge >= 0.3 is 0 Å². The van der Waals surface area contributed by atoms with E-state index in [1.165, 1.54) is 0 Å². The lowest BCUT2D eigenvalue weighted by Crippen LogP contribution is -2.62. The molecule has 1 saturated carbocycles. The Morgan fingerprint density at radius 2 is 2.00 bits per heavy atom. The smallest absolute Gasteiger partial charge is 0.168 e. The van der Waals surface area contributed by atoms with Gasteiger partial charge in [-0.2, -0.15) is 0 Å². The number of hydrogen-bond acceptors (Lipinski definition) is 6. The predicted octanol–water partition coefficient (Wildman–Crippen LogP) is 1.88. The lowest BCUT2D eigenvalue weighted by Gasteiger charge is -2.58. The molecule has 3 fully saturated rings. The van der Waals surface area contributed by atoms with E-state index in [0.717, 1.165) is 12.8 Å². The van der Waals surface area contributed by atoms with Crippen LogP contribution in [0.3, 0.4) is 0 Å². The first-order chi connectivity index (χ1) is 11.5. The normalized spacial score (nSPS) is 51.5. The summed E-state index contributed by atoms with van der Waals surface area (Å²) < 4.78 is 28.6. The fourth-order valence-corrected chi connectivity index (χ4v) is 5.74. The van der Waals surface area contributed by atoms with Crippen LogP contribution in [-0.2, 0) is 23.7 Å². The largest absolute Gasteiger partial charge is 0.367 e. The summed E-state index contributed by atoms with van der Waals surface area (Å²) in [6.45, 7) is 4.74. The molecule has 0 radical (unpaired) electrons. The molecule has 8 atom stereocenters. The van der Waals surface area contributed by atoms with E-state index < -0.39 is 18.0 Å². The molecular formula is C18H28O6. The van der Waals surface area contributed by atoms with Crippen molar-refractivity contribution in [1.29, 1.82) is 0 Å². The van der Waals surface area contributed by atoms with Gasteiger partial charge in [0.1, 0.15) is 6.79 Å². The first-order valence-corrected chi connectivity index (χ1v) is 8.77. The van der Waals surface area contributed by atoms with Crippen LogP contribution in [0.15, 0.2) is 12.2 Å². The summed E-state index contributed by atoms with van der Waals surface area (Å²) in [6.07, 6.45) is 4.50. The van der Waals surface area contributed by atoms with Gasteiger partial charge in [0.15, 0.2) is 18.9 Å². The molecule has 0 aromatic carbocycles. The van der Waals surface area contributed by atoms with Crippen LogP contribution in [0, 0.1) is 28.6 Å². The van der Waals surface area contributed by atoms with Gasteiger partial charge in [0, 0.05) is 26.1 Å². The second-order valence-electron chi connectivity index (χ2n) is 8.15. The average Bonchev–Trinajstić information content (AvgIpc) is 3.05. The van der Waals surface area contributed by atoms with Crippen molar-refractivity contribution in [3.05, 3.63) is 12.2 Å². The van der Waals surface area contributed by atoms with Gasteiger partial charge < -0.3 is 28.8 Å². The van der Waals surface area contributed by atoms with Crippen molar-refractivity contribution in [1.82, 2.24) is 0 Å². The molecule has 0 aromatic heterocycles. The molecule has 2 saturated heterocycles. The molecule has 2 aliphatic heterocycles. The molecule has 2 heterocycles. The minimum Gasteiger partial charge on any atom is -0.367 e. The fourth-order valence-electron chi connectivity index (χ4n) is 5.74. The van der Waals surface area contributed by atoms with Crippen LogP contribution in [-0.4, -0.2) is 51.1 Å². The summed E-state index contributed by atoms with van der Waals surface area (Å²) in [5.41, 5.74) is -0.476. The highest BCUT2D eigenvalue weighted by atomic mass is 16.8. The van der Waals surface area contributed by atoms with E-state index in [2.05, 4.69) is 26.0 Å². The number of aliphatic hydroxyl groups is 1. The molecule has 6 heteroatoms. The molecule has 0 bridgehead atoms. The van der Waals surface area contributed by atoms with E-state index in [-0.39, 0.29) is 42.4 Å². The lowest BCUT2D eigenvalue weighted by atomic mass is 9.47. The number of hydrogen-bond donors (Lipinski definition) is 1. The summed E-state index contributed by atoms with van der Waals surface area (Å²) in [6, 6.07) is 0. The summed E-state index contributed by atoms with van der Waals surface area (Å²) in [4.78, 5) is 0. The first kappa shape index (κ1) is 16.9. The third-order valence-corrected chi connectivity index (χ3v) is 6.69. The van der Waals surface area contributed by atoms with Crippen molar-refractivity contribution in [2.24, 2.45) is 28.6 Å². The summed E-state index contributed by atoms with van der Waals surface area (Å²) in [7, 11) is 3.27. The van der Waals surface area contributed by atoms with Crippen molar-refractivity contribution in [2.45, 2.75) is 51.7 Å². The zero-order chi connectivity index (χ0) is 17.1. The van der Waals surface area contributed by atoms with Gasteiger partial charge in [-0.25, -0.2) is 0 Å². The highest BCUT2D eigenvalue weighted by molar-refractivity contribution is 5.24. The topological polar surface area (TPSA) is 66.4 Å². The van der Waals surface area contributed by atoms with Gasteiger partial charge in [0.05, 0.1) is 11.5 Å². The molecular weight excluding hydrogens is 312 g/mol. The number of aliphatic hydroxyl groups excluding tert-OH is 1. The number of allylic oxidation sites excluding steroid dienone is 1. The standard InChI is InChI=1S/C18H28O6/c1-17(2)8-7-12(22-9-20-3)18-11(17)6-5-10-13(18)15(24-16(18)19)23-14(10)21-4/h5-6,10-16,19H,7-9H2,1-4H3/t10-,11-,12-,13+,14-,15+,16?,18-/m0/s1. The summed E-state index contributed by atoms with van der Waals surface area (Å²) in [5.74, 6) is 0.242. The third-order valence-electron chi connectivity index (χ3n) is 6.69. The number of ether oxygens (including phenoxy) is 5. The Hall–Kier alpha value is -0.500. The van der Waals surface area contributed by atoms with Gasteiger partial charge in [-0.3, -0.25) is 0 Å². The van der Waals surface area contributed by atoms with Crippen molar-refractivity contribution >= 4 is 0 Å². The molecule has 1 unspecified atom stereocenters. The summed E-state index contributed by atoms with van der Waals surface area (Å²) in [5, 5.41) is 11.0. The number of methoxy groups -OCH3 is 2. The van der Waals surface area contributed by atoms with Crippen LogP contribution in [0.2, 0.25) is 0 Å². The van der Waals surface area contributed by atoms with Crippen molar-refractivity contribution in [3.8, 4) is 0 Å². The van der Waals surface area contributed by atoms with Gasteiger partial charge in [-0.15, -0.1) is 0 Å². The average molecular weight is 340 g/mol. The molecule has 1 spiro atoms. The quantitative estimate of drug-likeness (QED) is 0.623. The number of rotatable bonds is 4. The van der Waals surface area contributed by atoms with Crippen LogP contribution < -0.4 is 0 Å². The third kappa shape index (κ3) is 2.04. The highest BCUT2D eigenvalue weighted by Gasteiger charge is 2.73. The van der Waals surface area contributed by atoms with E-state index in [0.29, 0.717) is 0 Å². The van der Waals surface area contributed by atoms with Crippen LogP contribution in [0.5, 0.6) is 0 Å². The molecule has 4 rings (SSSR count). The van der Waals surface area contributed by atoms with Crippen LogP contribution >= 0.6 is 0 Å². The monoisotopic (exact) mass is 340 g/mol. The van der Waals surface area contributed by atoms with Gasteiger partial charge in [0.2, 0.25) is 0 Å². The van der Waals surface area contributed by atoms with Gasteiger partial charge in [0.25, 0.3) is 0 Å². The zero-order valence-electron chi connectivity index (χ0n) is 14.8. The van der Waals surface area contributed by atoms with E-state index in [4.69, 9.17) is 23.7 Å². The lowest BCUT2D eigenvalue weighted by molar-refractivity contribution is -0.275. The van der Waals surface area contributed by atoms with Crippen LogP contribution in [0.1, 0.15) is 26.7 Å². The van der Waals surface area contributed by atoms with Crippen LogP contribution in [0.25, 0.3) is 0 Å². The summed E-state index contributed by atoms with van der Waals surface area (Å²) >= 11 is 0. The molecule has 0 aromatic rings. The molecule has 2 aliphatic carbocycles. The molecule has 24 heavy (non-hydrogen) atoms. The van der Waals surface area contributed by atoms with E-state index in [9.17, 15) is 5.11 Å². The Kier molecular flexibility index (Phi) is 4.06. The maximum absolute atomic E-state index is 11.0. The molecule has 1 N–H and O–H groups in total. The van der Waals surface area contributed by atoms with Gasteiger partial charge in [-0.05, 0) is 24.2 Å². The Bertz CT molecular complexity index is 520. The maximum atomic E-state index is 11.0. The predicted molar refractivity (Wildman–Crippen MR) is 84.6 cm³/mol.